The maximum atomic E-state index is 13.7. The molecule has 1 aliphatic rings. The third-order valence-electron chi connectivity index (χ3n) is 4.22. The number of benzene rings is 2. The van der Waals surface area contributed by atoms with E-state index in [1.165, 1.54) is 24.5 Å². The van der Waals surface area contributed by atoms with Crippen molar-refractivity contribution in [3.8, 4) is 17.1 Å². The monoisotopic (exact) mass is 394 g/mol. The van der Waals surface area contributed by atoms with Gasteiger partial charge in [-0.1, -0.05) is 30.3 Å². The highest BCUT2D eigenvalue weighted by Gasteiger charge is 2.32. The summed E-state index contributed by atoms with van der Waals surface area (Å²) >= 11 is 0. The normalized spacial score (nSPS) is 15.2. The molecule has 3 aromatic rings. The zero-order valence-corrected chi connectivity index (χ0v) is 15.0. The molecule has 2 N–H and O–H groups in total. The summed E-state index contributed by atoms with van der Waals surface area (Å²) in [7, 11) is 0. The van der Waals surface area contributed by atoms with E-state index in [2.05, 4.69) is 9.97 Å². The number of aromatic nitrogens is 2. The Labute approximate surface area is 164 Å². The van der Waals surface area contributed by atoms with Crippen molar-refractivity contribution >= 4 is 17.6 Å². The molecule has 8 nitrogen and oxygen atoms in total. The fourth-order valence-corrected chi connectivity index (χ4v) is 2.78. The second-order valence-electron chi connectivity index (χ2n) is 6.22. The van der Waals surface area contributed by atoms with Crippen LogP contribution in [0, 0.1) is 5.82 Å². The minimum Gasteiger partial charge on any atom is -0.476 e. The van der Waals surface area contributed by atoms with Crippen LogP contribution in [0.3, 0.4) is 0 Å². The average Bonchev–Trinajstić information content (AvgIpc) is 2.74. The molecule has 1 aliphatic heterocycles. The summed E-state index contributed by atoms with van der Waals surface area (Å²) in [5.41, 5.74) is 6.36. The molecule has 0 bridgehead atoms. The number of carbonyl (C=O) groups excluding carboxylic acids is 2. The minimum absolute atomic E-state index is 0.0877. The SMILES string of the molecule is NC(=O)C1CN(OC(=O)c2cnc(-c3ccccc3)nc2)c2cc(F)ccc2O1. The maximum absolute atomic E-state index is 13.7. The van der Waals surface area contributed by atoms with Crippen molar-refractivity contribution in [2.45, 2.75) is 6.10 Å². The van der Waals surface area contributed by atoms with Gasteiger partial charge in [-0.05, 0) is 12.1 Å². The van der Waals surface area contributed by atoms with Gasteiger partial charge in [0.05, 0.1) is 5.56 Å². The van der Waals surface area contributed by atoms with E-state index < -0.39 is 23.8 Å². The third kappa shape index (κ3) is 3.84. The summed E-state index contributed by atoms with van der Waals surface area (Å²) in [6.07, 6.45) is 1.60. The highest BCUT2D eigenvalue weighted by molar-refractivity contribution is 5.90. The topological polar surface area (TPSA) is 108 Å². The number of primary amides is 1. The van der Waals surface area contributed by atoms with Gasteiger partial charge < -0.3 is 15.3 Å². The Hall–Kier alpha value is -4.01. The van der Waals surface area contributed by atoms with Gasteiger partial charge in [0, 0.05) is 24.0 Å². The summed E-state index contributed by atoms with van der Waals surface area (Å²) < 4.78 is 19.1. The number of ether oxygens (including phenoxy) is 1. The van der Waals surface area contributed by atoms with Gasteiger partial charge in [-0.15, -0.1) is 0 Å². The molecule has 0 spiro atoms. The smallest absolute Gasteiger partial charge is 0.366 e. The quantitative estimate of drug-likeness (QED) is 0.722. The molecule has 0 aliphatic carbocycles. The van der Waals surface area contributed by atoms with E-state index in [9.17, 15) is 14.0 Å². The number of hydroxylamine groups is 1. The molecule has 9 heteroatoms. The first-order valence-electron chi connectivity index (χ1n) is 8.64. The summed E-state index contributed by atoms with van der Waals surface area (Å²) in [5.74, 6) is -1.44. The van der Waals surface area contributed by atoms with E-state index in [0.29, 0.717) is 5.82 Å². The number of hydrogen-bond donors (Lipinski definition) is 1. The fourth-order valence-electron chi connectivity index (χ4n) is 2.78. The van der Waals surface area contributed by atoms with Crippen molar-refractivity contribution in [2.75, 3.05) is 11.6 Å². The fraction of sp³-hybridized carbons (Fsp3) is 0.100. The molecule has 0 fully saturated rings. The van der Waals surface area contributed by atoms with Gasteiger partial charge in [0.25, 0.3) is 5.91 Å². The van der Waals surface area contributed by atoms with Crippen LogP contribution in [0.5, 0.6) is 5.75 Å². The summed E-state index contributed by atoms with van der Waals surface area (Å²) in [6, 6.07) is 12.9. The second-order valence-corrected chi connectivity index (χ2v) is 6.22. The Kier molecular flexibility index (Phi) is 4.78. The summed E-state index contributed by atoms with van der Waals surface area (Å²) in [6.45, 7) is -0.180. The first-order valence-corrected chi connectivity index (χ1v) is 8.64. The predicted molar refractivity (Wildman–Crippen MR) is 100 cm³/mol. The Bertz CT molecular complexity index is 1060. The molecule has 146 valence electrons. The zero-order chi connectivity index (χ0) is 20.4. The number of fused-ring (bicyclic) bond motifs is 1. The van der Waals surface area contributed by atoms with Gasteiger partial charge in [-0.2, -0.15) is 5.06 Å². The van der Waals surface area contributed by atoms with Gasteiger partial charge in [0.1, 0.15) is 23.8 Å². The number of amides is 1. The van der Waals surface area contributed by atoms with Crippen LogP contribution in [0.15, 0.2) is 60.9 Å². The van der Waals surface area contributed by atoms with Gasteiger partial charge in [-0.3, -0.25) is 4.79 Å². The molecule has 4 rings (SSSR count). The van der Waals surface area contributed by atoms with E-state index in [1.807, 2.05) is 30.3 Å². The number of nitrogens with zero attached hydrogens (tertiary/aromatic N) is 3. The van der Waals surface area contributed by atoms with Crippen molar-refractivity contribution in [3.63, 3.8) is 0 Å². The van der Waals surface area contributed by atoms with E-state index in [-0.39, 0.29) is 23.5 Å². The zero-order valence-electron chi connectivity index (χ0n) is 15.0. The van der Waals surface area contributed by atoms with Gasteiger partial charge in [0.2, 0.25) is 0 Å². The molecule has 1 atom stereocenters. The minimum atomic E-state index is -1.06. The van der Waals surface area contributed by atoms with Crippen LogP contribution in [0.4, 0.5) is 10.1 Å². The second kappa shape index (κ2) is 7.55. The van der Waals surface area contributed by atoms with Gasteiger partial charge >= 0.3 is 5.97 Å². The molecule has 2 heterocycles. The highest BCUT2D eigenvalue weighted by Crippen LogP contribution is 2.34. The Balaban J connectivity index is 1.56. The molecular weight excluding hydrogens is 379 g/mol. The number of hydrogen-bond acceptors (Lipinski definition) is 7. The van der Waals surface area contributed by atoms with Crippen molar-refractivity contribution in [1.29, 1.82) is 0 Å². The number of anilines is 1. The number of nitrogens with two attached hydrogens (primary N) is 1. The Morgan fingerprint density at radius 1 is 1.14 bits per heavy atom. The summed E-state index contributed by atoms with van der Waals surface area (Å²) in [4.78, 5) is 37.8. The van der Waals surface area contributed by atoms with Crippen LogP contribution in [0.2, 0.25) is 0 Å². The lowest BCUT2D eigenvalue weighted by atomic mass is 10.2. The molecule has 1 amide bonds. The number of halogens is 1. The highest BCUT2D eigenvalue weighted by atomic mass is 19.1. The van der Waals surface area contributed by atoms with E-state index in [1.54, 1.807) is 0 Å². The van der Waals surface area contributed by atoms with Crippen molar-refractivity contribution in [2.24, 2.45) is 5.73 Å². The lowest BCUT2D eigenvalue weighted by Crippen LogP contribution is -2.47. The van der Waals surface area contributed by atoms with Crippen LogP contribution in [0.1, 0.15) is 10.4 Å². The molecular formula is C20H15FN4O4. The molecule has 1 aromatic heterocycles. The van der Waals surface area contributed by atoms with Gasteiger partial charge in [-0.25, -0.2) is 19.2 Å². The molecule has 1 unspecified atom stereocenters. The van der Waals surface area contributed by atoms with Crippen LogP contribution >= 0.6 is 0 Å². The molecule has 2 aromatic carbocycles. The average molecular weight is 394 g/mol. The predicted octanol–water partition coefficient (Wildman–Crippen LogP) is 2.11. The van der Waals surface area contributed by atoms with Crippen molar-refractivity contribution < 1.29 is 23.6 Å². The van der Waals surface area contributed by atoms with Gasteiger partial charge in [0.15, 0.2) is 11.9 Å². The van der Waals surface area contributed by atoms with Crippen LogP contribution < -0.4 is 15.5 Å². The van der Waals surface area contributed by atoms with E-state index in [0.717, 1.165) is 16.7 Å². The maximum Gasteiger partial charge on any atom is 0.366 e. The third-order valence-corrected chi connectivity index (χ3v) is 4.22. The van der Waals surface area contributed by atoms with Crippen molar-refractivity contribution in [3.05, 3.63) is 72.3 Å². The van der Waals surface area contributed by atoms with Crippen LogP contribution in [0.25, 0.3) is 11.4 Å². The van der Waals surface area contributed by atoms with Crippen LogP contribution in [-0.4, -0.2) is 34.5 Å². The summed E-state index contributed by atoms with van der Waals surface area (Å²) in [5, 5.41) is 1.07. The molecule has 0 radical (unpaired) electrons. The number of rotatable bonds is 4. The lowest BCUT2D eigenvalue weighted by molar-refractivity contribution is -0.125. The van der Waals surface area contributed by atoms with Crippen LogP contribution in [-0.2, 0) is 9.63 Å². The van der Waals surface area contributed by atoms with Crippen molar-refractivity contribution in [1.82, 2.24) is 9.97 Å². The first kappa shape index (κ1) is 18.4. The van der Waals surface area contributed by atoms with E-state index in [4.69, 9.17) is 15.3 Å². The Morgan fingerprint density at radius 3 is 2.55 bits per heavy atom. The molecule has 29 heavy (non-hydrogen) atoms. The van der Waals surface area contributed by atoms with E-state index >= 15 is 0 Å². The Morgan fingerprint density at radius 2 is 1.86 bits per heavy atom. The molecule has 0 saturated carbocycles. The first-order chi connectivity index (χ1) is 14.0. The largest absolute Gasteiger partial charge is 0.476 e. The molecule has 0 saturated heterocycles. The standard InChI is InChI=1S/C20H15FN4O4/c21-14-6-7-16-15(8-14)25(11-17(28-16)18(22)26)29-20(27)13-9-23-19(24-10-13)12-4-2-1-3-5-12/h1-10,17H,11H2,(H2,22,26). The lowest BCUT2D eigenvalue weighted by Gasteiger charge is -2.33. The number of carbonyl (C=O) groups is 2.